The van der Waals surface area contributed by atoms with Gasteiger partial charge in [0.2, 0.25) is 5.91 Å². The predicted octanol–water partition coefficient (Wildman–Crippen LogP) is 2.56. The molecule has 18 heavy (non-hydrogen) atoms. The summed E-state index contributed by atoms with van der Waals surface area (Å²) in [4.78, 5) is 13.1. The van der Waals surface area contributed by atoms with Crippen molar-refractivity contribution in [2.75, 3.05) is 0 Å². The van der Waals surface area contributed by atoms with Crippen LogP contribution in [0.4, 0.5) is 0 Å². The molecule has 0 aromatic carbocycles. The number of rotatable bonds is 5. The van der Waals surface area contributed by atoms with Gasteiger partial charge < -0.3 is 11.1 Å². The van der Waals surface area contributed by atoms with Crippen molar-refractivity contribution in [3.8, 4) is 0 Å². The van der Waals surface area contributed by atoms with E-state index in [0.717, 1.165) is 6.42 Å². The van der Waals surface area contributed by atoms with E-state index in [-0.39, 0.29) is 23.4 Å². The molecule has 1 amide bonds. The number of hydrogen-bond acceptors (Lipinski definition) is 3. The summed E-state index contributed by atoms with van der Waals surface area (Å²) in [5.41, 5.74) is 5.97. The second-order valence-corrected chi connectivity index (χ2v) is 6.96. The standard InChI is InChI=1S/C14H24N2OS/c1-10(8-11-6-5-7-18-11)16-13(17)9-12(15)14(2,3)4/h5-7,10,12H,8-9,15H2,1-4H3,(H,16,17). The lowest BCUT2D eigenvalue weighted by molar-refractivity contribution is -0.122. The molecule has 3 N–H and O–H groups in total. The first-order chi connectivity index (χ1) is 8.29. The Bertz CT molecular complexity index is 368. The van der Waals surface area contributed by atoms with Crippen LogP contribution in [0, 0.1) is 5.41 Å². The number of carbonyl (C=O) groups is 1. The topological polar surface area (TPSA) is 55.1 Å². The maximum absolute atomic E-state index is 11.9. The molecule has 1 rings (SSSR count). The van der Waals surface area contributed by atoms with Crippen LogP contribution in [0.25, 0.3) is 0 Å². The molecule has 2 unspecified atom stereocenters. The fourth-order valence-electron chi connectivity index (χ4n) is 1.62. The minimum atomic E-state index is -0.105. The normalized spacial score (nSPS) is 15.2. The molecule has 0 fully saturated rings. The van der Waals surface area contributed by atoms with Gasteiger partial charge in [-0.25, -0.2) is 0 Å². The van der Waals surface area contributed by atoms with E-state index in [1.807, 2.05) is 13.0 Å². The minimum absolute atomic E-state index is 0.0334. The highest BCUT2D eigenvalue weighted by Gasteiger charge is 2.23. The van der Waals surface area contributed by atoms with Gasteiger partial charge in [-0.15, -0.1) is 11.3 Å². The molecule has 3 nitrogen and oxygen atoms in total. The van der Waals surface area contributed by atoms with Crippen molar-refractivity contribution >= 4 is 17.2 Å². The third kappa shape index (κ3) is 5.19. The van der Waals surface area contributed by atoms with Crippen molar-refractivity contribution in [2.24, 2.45) is 11.1 Å². The van der Waals surface area contributed by atoms with E-state index in [9.17, 15) is 4.79 Å². The van der Waals surface area contributed by atoms with Gasteiger partial charge in [0.15, 0.2) is 0 Å². The summed E-state index contributed by atoms with van der Waals surface area (Å²) in [6.45, 7) is 8.19. The van der Waals surface area contributed by atoms with Gasteiger partial charge in [0.05, 0.1) is 0 Å². The Balaban J connectivity index is 2.36. The van der Waals surface area contributed by atoms with Crippen LogP contribution in [-0.4, -0.2) is 18.0 Å². The molecular formula is C14H24N2OS. The lowest BCUT2D eigenvalue weighted by atomic mass is 9.85. The first-order valence-electron chi connectivity index (χ1n) is 6.36. The van der Waals surface area contributed by atoms with Gasteiger partial charge in [0, 0.05) is 29.8 Å². The highest BCUT2D eigenvalue weighted by molar-refractivity contribution is 7.09. The molecule has 102 valence electrons. The predicted molar refractivity (Wildman–Crippen MR) is 77.7 cm³/mol. The third-order valence-electron chi connectivity index (χ3n) is 3.01. The summed E-state index contributed by atoms with van der Waals surface area (Å²) in [5.74, 6) is 0.0430. The molecule has 0 bridgehead atoms. The van der Waals surface area contributed by atoms with Gasteiger partial charge in [-0.05, 0) is 23.8 Å². The Morgan fingerprint density at radius 2 is 2.17 bits per heavy atom. The van der Waals surface area contributed by atoms with Crippen molar-refractivity contribution in [1.29, 1.82) is 0 Å². The summed E-state index contributed by atoms with van der Waals surface area (Å²) in [6.07, 6.45) is 1.27. The van der Waals surface area contributed by atoms with Gasteiger partial charge in [0.1, 0.15) is 0 Å². The van der Waals surface area contributed by atoms with Crippen LogP contribution in [0.3, 0.4) is 0 Å². The van der Waals surface area contributed by atoms with Crippen molar-refractivity contribution in [3.05, 3.63) is 22.4 Å². The number of hydrogen-bond donors (Lipinski definition) is 2. The first-order valence-corrected chi connectivity index (χ1v) is 7.24. The lowest BCUT2D eigenvalue weighted by Gasteiger charge is -2.27. The summed E-state index contributed by atoms with van der Waals surface area (Å²) in [7, 11) is 0. The molecule has 0 saturated carbocycles. The molecule has 4 heteroatoms. The quantitative estimate of drug-likeness (QED) is 0.862. The van der Waals surface area contributed by atoms with Crippen molar-refractivity contribution in [2.45, 2.75) is 52.6 Å². The summed E-state index contributed by atoms with van der Waals surface area (Å²) in [5, 5.41) is 5.06. The van der Waals surface area contributed by atoms with Crippen LogP contribution in [0.2, 0.25) is 0 Å². The van der Waals surface area contributed by atoms with Gasteiger partial charge in [-0.3, -0.25) is 4.79 Å². The molecule has 0 spiro atoms. The van der Waals surface area contributed by atoms with Crippen LogP contribution >= 0.6 is 11.3 Å². The maximum atomic E-state index is 11.9. The molecule has 0 aliphatic heterocycles. The second kappa shape index (κ2) is 6.34. The monoisotopic (exact) mass is 268 g/mol. The van der Waals surface area contributed by atoms with E-state index >= 15 is 0 Å². The Hall–Kier alpha value is -0.870. The van der Waals surface area contributed by atoms with Gasteiger partial charge in [-0.2, -0.15) is 0 Å². The van der Waals surface area contributed by atoms with E-state index in [0.29, 0.717) is 6.42 Å². The lowest BCUT2D eigenvalue weighted by Crippen LogP contribution is -2.42. The summed E-state index contributed by atoms with van der Waals surface area (Å²) in [6, 6.07) is 4.17. The Morgan fingerprint density at radius 1 is 1.50 bits per heavy atom. The molecule has 1 aromatic heterocycles. The average molecular weight is 268 g/mol. The number of amides is 1. The van der Waals surface area contributed by atoms with Gasteiger partial charge in [0.25, 0.3) is 0 Å². The van der Waals surface area contributed by atoms with E-state index in [4.69, 9.17) is 5.73 Å². The fourth-order valence-corrected chi connectivity index (χ4v) is 2.46. The van der Waals surface area contributed by atoms with Crippen molar-refractivity contribution < 1.29 is 4.79 Å². The third-order valence-corrected chi connectivity index (χ3v) is 3.91. The van der Waals surface area contributed by atoms with E-state index in [2.05, 4.69) is 37.5 Å². The Morgan fingerprint density at radius 3 is 2.67 bits per heavy atom. The first kappa shape index (κ1) is 15.2. The highest BCUT2D eigenvalue weighted by Crippen LogP contribution is 2.19. The highest BCUT2D eigenvalue weighted by atomic mass is 32.1. The Labute approximate surface area is 114 Å². The van der Waals surface area contributed by atoms with Crippen molar-refractivity contribution in [3.63, 3.8) is 0 Å². The molecule has 0 aliphatic carbocycles. The number of carbonyl (C=O) groups excluding carboxylic acids is 1. The number of nitrogens with one attached hydrogen (secondary N) is 1. The largest absolute Gasteiger partial charge is 0.353 e. The molecular weight excluding hydrogens is 244 g/mol. The molecule has 0 saturated heterocycles. The average Bonchev–Trinajstić information content (AvgIpc) is 2.67. The van der Waals surface area contributed by atoms with E-state index in [1.54, 1.807) is 11.3 Å². The SMILES string of the molecule is CC(Cc1cccs1)NC(=O)CC(N)C(C)(C)C. The van der Waals surface area contributed by atoms with E-state index in [1.165, 1.54) is 4.88 Å². The van der Waals surface area contributed by atoms with Crippen LogP contribution in [0.5, 0.6) is 0 Å². The molecule has 0 aliphatic rings. The zero-order valence-electron chi connectivity index (χ0n) is 11.7. The molecule has 2 atom stereocenters. The zero-order chi connectivity index (χ0) is 13.8. The minimum Gasteiger partial charge on any atom is -0.353 e. The molecule has 1 heterocycles. The molecule has 0 radical (unpaired) electrons. The number of nitrogens with two attached hydrogens (primary N) is 1. The van der Waals surface area contributed by atoms with Crippen LogP contribution in [0.1, 0.15) is 39.0 Å². The van der Waals surface area contributed by atoms with Gasteiger partial charge in [-0.1, -0.05) is 26.8 Å². The summed E-state index contributed by atoms with van der Waals surface area (Å²) < 4.78 is 0. The van der Waals surface area contributed by atoms with Crippen LogP contribution < -0.4 is 11.1 Å². The maximum Gasteiger partial charge on any atom is 0.221 e. The zero-order valence-corrected chi connectivity index (χ0v) is 12.5. The van der Waals surface area contributed by atoms with Crippen LogP contribution in [0.15, 0.2) is 17.5 Å². The smallest absolute Gasteiger partial charge is 0.221 e. The van der Waals surface area contributed by atoms with Crippen molar-refractivity contribution in [1.82, 2.24) is 5.32 Å². The van der Waals surface area contributed by atoms with Crippen LogP contribution in [-0.2, 0) is 11.2 Å². The fraction of sp³-hybridized carbons (Fsp3) is 0.643. The van der Waals surface area contributed by atoms with Gasteiger partial charge >= 0.3 is 0 Å². The Kier molecular flexibility index (Phi) is 5.35. The van der Waals surface area contributed by atoms with E-state index < -0.39 is 0 Å². The summed E-state index contributed by atoms with van der Waals surface area (Å²) >= 11 is 1.72. The second-order valence-electron chi connectivity index (χ2n) is 5.93. The number of thiophene rings is 1. The molecule has 1 aromatic rings.